The molecule has 340 valence electrons. The Morgan fingerprint density at radius 1 is 0.586 bits per heavy atom. The zero-order chi connectivity index (χ0) is 42.3. The first-order valence-electron chi connectivity index (χ1n) is 24.2. The minimum absolute atomic E-state index is 0.185. The molecule has 1 aliphatic heterocycles. The van der Waals surface area contributed by atoms with E-state index in [1.54, 1.807) is 6.08 Å². The average molecular weight is 822 g/mol. The van der Waals surface area contributed by atoms with Crippen molar-refractivity contribution in [2.24, 2.45) is 0 Å². The fourth-order valence-electron chi connectivity index (χ4n) is 7.54. The number of aliphatic hydroxyl groups excluding tert-OH is 5. The van der Waals surface area contributed by atoms with Crippen LogP contribution in [-0.4, -0.2) is 87.5 Å². The largest absolute Gasteiger partial charge is 0.394 e. The van der Waals surface area contributed by atoms with Crippen LogP contribution in [-0.2, 0) is 14.3 Å². The lowest BCUT2D eigenvalue weighted by Crippen LogP contribution is -2.60. The Hall–Kier alpha value is -1.59. The van der Waals surface area contributed by atoms with Crippen LogP contribution < -0.4 is 5.32 Å². The van der Waals surface area contributed by atoms with Gasteiger partial charge in [-0.15, -0.1) is 0 Å². The molecule has 0 aromatic heterocycles. The summed E-state index contributed by atoms with van der Waals surface area (Å²) in [5.74, 6) is -0.185. The second kappa shape index (κ2) is 39.5. The zero-order valence-corrected chi connectivity index (χ0v) is 37.3. The SMILES string of the molecule is CCCCC/C=C\C/C=C\CCCCCCCCCC(=O)NC(COC1OC(CO)C(O)C(O)C1O)C(O)/C=C/CCCCCCCCCCCCCCCCCC. The van der Waals surface area contributed by atoms with Gasteiger partial charge in [-0.25, -0.2) is 0 Å². The molecule has 0 aromatic rings. The summed E-state index contributed by atoms with van der Waals surface area (Å²) >= 11 is 0. The fraction of sp³-hybridized carbons (Fsp3) is 0.857. The van der Waals surface area contributed by atoms with Crippen LogP contribution in [0.25, 0.3) is 0 Å². The van der Waals surface area contributed by atoms with Gasteiger partial charge in [0.05, 0.1) is 25.4 Å². The number of nitrogens with one attached hydrogen (secondary N) is 1. The van der Waals surface area contributed by atoms with Gasteiger partial charge in [-0.3, -0.25) is 4.79 Å². The van der Waals surface area contributed by atoms with E-state index in [1.165, 1.54) is 135 Å². The Balaban J connectivity index is 2.34. The van der Waals surface area contributed by atoms with Gasteiger partial charge < -0.3 is 40.3 Å². The third kappa shape index (κ3) is 29.6. The lowest BCUT2D eigenvalue weighted by atomic mass is 9.99. The van der Waals surface area contributed by atoms with Crippen molar-refractivity contribution < 1.29 is 39.8 Å². The minimum atomic E-state index is -1.57. The molecule has 0 bridgehead atoms. The summed E-state index contributed by atoms with van der Waals surface area (Å²) in [6.07, 6.45) is 41.8. The van der Waals surface area contributed by atoms with Gasteiger partial charge in [-0.2, -0.15) is 0 Å². The van der Waals surface area contributed by atoms with Gasteiger partial charge in [0.25, 0.3) is 0 Å². The van der Waals surface area contributed by atoms with Crippen molar-refractivity contribution in [2.45, 2.75) is 256 Å². The standard InChI is InChI=1S/C49H91NO8/c1-3-5-7-9-11-13-15-17-19-21-23-24-26-28-30-32-34-36-38-43(52)42(41-57-49-48(56)47(55)46(54)44(40-51)58-49)50-45(53)39-37-35-33-31-29-27-25-22-20-18-16-14-12-10-8-6-4-2/h12,14,18,20,36,38,42-44,46-49,51-52,54-56H,3-11,13,15-17,19,21-35,37,39-41H2,1-2H3,(H,50,53)/b14-12-,20-18-,38-36+. The quantitative estimate of drug-likeness (QED) is 0.0264. The topological polar surface area (TPSA) is 149 Å². The molecule has 0 aliphatic carbocycles. The number of rotatable bonds is 40. The highest BCUT2D eigenvalue weighted by Gasteiger charge is 2.44. The Bertz CT molecular complexity index is 1000. The highest BCUT2D eigenvalue weighted by Crippen LogP contribution is 2.23. The summed E-state index contributed by atoms with van der Waals surface area (Å²) in [5, 5.41) is 54.3. The van der Waals surface area contributed by atoms with Crippen molar-refractivity contribution in [3.63, 3.8) is 0 Å². The van der Waals surface area contributed by atoms with Crippen molar-refractivity contribution >= 4 is 5.91 Å². The molecule has 7 atom stereocenters. The maximum atomic E-state index is 13.0. The summed E-state index contributed by atoms with van der Waals surface area (Å²) in [4.78, 5) is 13.0. The summed E-state index contributed by atoms with van der Waals surface area (Å²) in [5.41, 5.74) is 0. The molecule has 0 spiro atoms. The van der Waals surface area contributed by atoms with E-state index >= 15 is 0 Å². The molecule has 1 aliphatic rings. The number of hydrogen-bond acceptors (Lipinski definition) is 8. The lowest BCUT2D eigenvalue weighted by molar-refractivity contribution is -0.302. The Morgan fingerprint density at radius 2 is 1.02 bits per heavy atom. The van der Waals surface area contributed by atoms with E-state index in [4.69, 9.17) is 9.47 Å². The Kier molecular flexibility index (Phi) is 37.1. The van der Waals surface area contributed by atoms with Crippen molar-refractivity contribution in [2.75, 3.05) is 13.2 Å². The number of hydrogen-bond donors (Lipinski definition) is 6. The maximum absolute atomic E-state index is 13.0. The predicted molar refractivity (Wildman–Crippen MR) is 240 cm³/mol. The monoisotopic (exact) mass is 822 g/mol. The van der Waals surface area contributed by atoms with E-state index in [0.29, 0.717) is 6.42 Å². The van der Waals surface area contributed by atoms with E-state index in [1.807, 2.05) is 6.08 Å². The second-order valence-corrected chi connectivity index (χ2v) is 16.9. The number of aliphatic hydroxyl groups is 5. The molecule has 1 heterocycles. The van der Waals surface area contributed by atoms with Gasteiger partial charge in [-0.1, -0.05) is 192 Å². The molecule has 1 saturated heterocycles. The molecule has 0 saturated carbocycles. The highest BCUT2D eigenvalue weighted by atomic mass is 16.7. The number of carbonyl (C=O) groups excluding carboxylic acids is 1. The summed E-state index contributed by atoms with van der Waals surface area (Å²) in [6, 6.07) is -0.808. The van der Waals surface area contributed by atoms with E-state index < -0.39 is 49.5 Å². The summed E-state index contributed by atoms with van der Waals surface area (Å²) in [7, 11) is 0. The van der Waals surface area contributed by atoms with Crippen LogP contribution in [0.15, 0.2) is 36.5 Å². The Morgan fingerprint density at radius 3 is 1.52 bits per heavy atom. The highest BCUT2D eigenvalue weighted by molar-refractivity contribution is 5.76. The molecule has 9 heteroatoms. The van der Waals surface area contributed by atoms with Crippen molar-refractivity contribution in [1.82, 2.24) is 5.32 Å². The van der Waals surface area contributed by atoms with Crippen LogP contribution in [0.5, 0.6) is 0 Å². The predicted octanol–water partition coefficient (Wildman–Crippen LogP) is 10.5. The van der Waals surface area contributed by atoms with Crippen LogP contribution in [0, 0.1) is 0 Å². The molecule has 1 fully saturated rings. The van der Waals surface area contributed by atoms with Gasteiger partial charge in [0.2, 0.25) is 5.91 Å². The molecule has 1 amide bonds. The third-order valence-electron chi connectivity index (χ3n) is 11.5. The van der Waals surface area contributed by atoms with Gasteiger partial charge in [0.1, 0.15) is 24.4 Å². The molecule has 0 radical (unpaired) electrons. The smallest absolute Gasteiger partial charge is 0.220 e. The van der Waals surface area contributed by atoms with Gasteiger partial charge >= 0.3 is 0 Å². The van der Waals surface area contributed by atoms with E-state index in [9.17, 15) is 30.3 Å². The molecule has 1 rings (SSSR count). The first-order valence-corrected chi connectivity index (χ1v) is 24.2. The third-order valence-corrected chi connectivity index (χ3v) is 11.5. The van der Waals surface area contributed by atoms with Crippen molar-refractivity contribution in [3.05, 3.63) is 36.5 Å². The minimum Gasteiger partial charge on any atom is -0.394 e. The van der Waals surface area contributed by atoms with Crippen LogP contribution in [0.1, 0.15) is 213 Å². The molecular formula is C49H91NO8. The molecule has 58 heavy (non-hydrogen) atoms. The summed E-state index contributed by atoms with van der Waals surface area (Å²) in [6.45, 7) is 3.75. The fourth-order valence-corrected chi connectivity index (χ4v) is 7.54. The number of allylic oxidation sites excluding steroid dienone is 5. The second-order valence-electron chi connectivity index (χ2n) is 16.9. The number of carbonyl (C=O) groups is 1. The molecule has 7 unspecified atom stereocenters. The first-order chi connectivity index (χ1) is 28.3. The molecular weight excluding hydrogens is 731 g/mol. The zero-order valence-electron chi connectivity index (χ0n) is 37.3. The lowest BCUT2D eigenvalue weighted by Gasteiger charge is -2.40. The molecule has 6 N–H and O–H groups in total. The number of ether oxygens (including phenoxy) is 2. The van der Waals surface area contributed by atoms with Crippen molar-refractivity contribution in [1.29, 1.82) is 0 Å². The number of amides is 1. The van der Waals surface area contributed by atoms with Crippen LogP contribution >= 0.6 is 0 Å². The van der Waals surface area contributed by atoms with Crippen LogP contribution in [0.2, 0.25) is 0 Å². The van der Waals surface area contributed by atoms with E-state index in [0.717, 1.165) is 57.8 Å². The molecule has 0 aromatic carbocycles. The van der Waals surface area contributed by atoms with Gasteiger partial charge in [0, 0.05) is 6.42 Å². The maximum Gasteiger partial charge on any atom is 0.220 e. The van der Waals surface area contributed by atoms with Gasteiger partial charge in [0.15, 0.2) is 6.29 Å². The Labute approximate surface area is 355 Å². The van der Waals surface area contributed by atoms with Crippen LogP contribution in [0.4, 0.5) is 0 Å². The average Bonchev–Trinajstić information content (AvgIpc) is 3.22. The van der Waals surface area contributed by atoms with E-state index in [2.05, 4.69) is 43.5 Å². The summed E-state index contributed by atoms with van der Waals surface area (Å²) < 4.78 is 11.2. The normalized spacial score (nSPS) is 21.1. The molecule has 9 nitrogen and oxygen atoms in total. The first kappa shape index (κ1) is 54.4. The van der Waals surface area contributed by atoms with Crippen molar-refractivity contribution in [3.8, 4) is 0 Å². The number of unbranched alkanes of at least 4 members (excludes halogenated alkanes) is 26. The van der Waals surface area contributed by atoms with Gasteiger partial charge in [-0.05, 0) is 51.4 Å². The van der Waals surface area contributed by atoms with Crippen LogP contribution in [0.3, 0.4) is 0 Å². The van der Waals surface area contributed by atoms with E-state index in [-0.39, 0.29) is 12.5 Å².